The third kappa shape index (κ3) is 1.72. The van der Waals surface area contributed by atoms with E-state index in [9.17, 15) is 0 Å². The largest absolute Gasteiger partial charge is 0.441 e. The van der Waals surface area contributed by atoms with E-state index in [4.69, 9.17) is 16.0 Å². The second-order valence-corrected chi connectivity index (χ2v) is 4.37. The van der Waals surface area contributed by atoms with Crippen LogP contribution in [0.1, 0.15) is 11.7 Å². The van der Waals surface area contributed by atoms with E-state index in [0.29, 0.717) is 16.8 Å². The van der Waals surface area contributed by atoms with Crippen molar-refractivity contribution in [1.82, 2.24) is 10.3 Å². The minimum Gasteiger partial charge on any atom is -0.441 e. The van der Waals surface area contributed by atoms with Gasteiger partial charge in [0.2, 0.25) is 5.89 Å². The number of hydrogen-bond acceptors (Lipinski definition) is 3. The molecular weight excluding hydrogens is 224 g/mol. The van der Waals surface area contributed by atoms with Crippen LogP contribution in [0.25, 0.3) is 11.5 Å². The number of nitrogens with zero attached hydrogens (tertiary/aromatic N) is 1. The lowest BCUT2D eigenvalue weighted by atomic mass is 10.0. The number of benzene rings is 1. The van der Waals surface area contributed by atoms with Crippen molar-refractivity contribution in [2.75, 3.05) is 13.1 Å². The van der Waals surface area contributed by atoms with Crippen LogP contribution in [0, 0.1) is 0 Å². The maximum atomic E-state index is 5.92. The summed E-state index contributed by atoms with van der Waals surface area (Å²) in [5.74, 6) is 2.07. The molecule has 82 valence electrons. The number of nitrogens with one attached hydrogen (secondary N) is 1. The van der Waals surface area contributed by atoms with Gasteiger partial charge in [0, 0.05) is 29.6 Å². The average Bonchev–Trinajstić information content (AvgIpc) is 2.64. The summed E-state index contributed by atoms with van der Waals surface area (Å²) in [6, 6.07) is 7.54. The lowest BCUT2D eigenvalue weighted by Crippen LogP contribution is -2.39. The van der Waals surface area contributed by atoms with Gasteiger partial charge in [-0.25, -0.2) is 4.98 Å². The molecule has 4 heteroatoms. The summed E-state index contributed by atoms with van der Waals surface area (Å²) in [6.07, 6.45) is 1.81. The Labute approximate surface area is 98.4 Å². The van der Waals surface area contributed by atoms with E-state index in [0.717, 1.165) is 24.4 Å². The highest BCUT2D eigenvalue weighted by atomic mass is 35.5. The molecule has 1 aromatic carbocycles. The maximum absolute atomic E-state index is 5.92. The average molecular weight is 235 g/mol. The quantitative estimate of drug-likeness (QED) is 0.868. The molecule has 1 N–H and O–H groups in total. The third-order valence-electron chi connectivity index (χ3n) is 2.78. The van der Waals surface area contributed by atoms with E-state index in [1.165, 1.54) is 0 Å². The standard InChI is InChI=1S/C12H11ClN2O/c13-10-3-1-2-8(4-10)12-15-7-11(16-12)9-5-14-6-9/h1-4,7,9,14H,5-6H2. The number of aromatic nitrogens is 1. The van der Waals surface area contributed by atoms with Crippen LogP contribution in [0.5, 0.6) is 0 Å². The minimum atomic E-state index is 0.473. The summed E-state index contributed by atoms with van der Waals surface area (Å²) in [5.41, 5.74) is 0.922. The lowest BCUT2D eigenvalue weighted by molar-refractivity contribution is 0.373. The summed E-state index contributed by atoms with van der Waals surface area (Å²) >= 11 is 5.92. The summed E-state index contributed by atoms with van der Waals surface area (Å²) in [5, 5.41) is 3.91. The number of halogens is 1. The van der Waals surface area contributed by atoms with Crippen molar-refractivity contribution in [3.63, 3.8) is 0 Å². The first kappa shape index (κ1) is 9.87. The Bertz CT molecular complexity index is 505. The Hall–Kier alpha value is -1.32. The fourth-order valence-electron chi connectivity index (χ4n) is 1.72. The highest BCUT2D eigenvalue weighted by Crippen LogP contribution is 2.26. The highest BCUT2D eigenvalue weighted by molar-refractivity contribution is 6.30. The molecule has 0 radical (unpaired) electrons. The van der Waals surface area contributed by atoms with Gasteiger partial charge < -0.3 is 9.73 Å². The van der Waals surface area contributed by atoms with Crippen LogP contribution in [0.3, 0.4) is 0 Å². The molecule has 1 saturated heterocycles. The SMILES string of the molecule is Clc1cccc(-c2ncc(C3CNC3)o2)c1. The molecule has 0 bridgehead atoms. The van der Waals surface area contributed by atoms with E-state index in [-0.39, 0.29) is 0 Å². The molecule has 2 heterocycles. The van der Waals surface area contributed by atoms with Crippen molar-refractivity contribution in [3.05, 3.63) is 41.2 Å². The fraction of sp³-hybridized carbons (Fsp3) is 0.250. The molecule has 1 aromatic heterocycles. The van der Waals surface area contributed by atoms with Gasteiger partial charge in [0.15, 0.2) is 0 Å². The molecule has 3 nitrogen and oxygen atoms in total. The van der Waals surface area contributed by atoms with E-state index in [1.54, 1.807) is 0 Å². The predicted molar refractivity (Wildman–Crippen MR) is 62.6 cm³/mol. The molecule has 1 aliphatic heterocycles. The zero-order valence-electron chi connectivity index (χ0n) is 8.61. The first-order valence-electron chi connectivity index (χ1n) is 5.25. The zero-order valence-corrected chi connectivity index (χ0v) is 9.37. The van der Waals surface area contributed by atoms with E-state index >= 15 is 0 Å². The Kier molecular flexibility index (Phi) is 2.42. The Morgan fingerprint density at radius 3 is 2.94 bits per heavy atom. The van der Waals surface area contributed by atoms with Gasteiger partial charge >= 0.3 is 0 Å². The number of hydrogen-bond donors (Lipinski definition) is 1. The number of oxazole rings is 1. The number of rotatable bonds is 2. The Morgan fingerprint density at radius 1 is 1.38 bits per heavy atom. The van der Waals surface area contributed by atoms with Crippen molar-refractivity contribution in [1.29, 1.82) is 0 Å². The van der Waals surface area contributed by atoms with E-state index in [1.807, 2.05) is 30.5 Å². The molecule has 16 heavy (non-hydrogen) atoms. The van der Waals surface area contributed by atoms with Crippen LogP contribution in [-0.4, -0.2) is 18.1 Å². The maximum Gasteiger partial charge on any atom is 0.226 e. The van der Waals surface area contributed by atoms with Gasteiger partial charge in [0.05, 0.1) is 6.20 Å². The van der Waals surface area contributed by atoms with Gasteiger partial charge in [-0.2, -0.15) is 0 Å². The van der Waals surface area contributed by atoms with Gasteiger partial charge in [-0.1, -0.05) is 17.7 Å². The van der Waals surface area contributed by atoms with Crippen LogP contribution in [-0.2, 0) is 0 Å². The lowest BCUT2D eigenvalue weighted by Gasteiger charge is -2.24. The van der Waals surface area contributed by atoms with Crippen LogP contribution in [0.2, 0.25) is 5.02 Å². The molecule has 0 amide bonds. The summed E-state index contributed by atoms with van der Waals surface area (Å²) < 4.78 is 5.72. The van der Waals surface area contributed by atoms with Gasteiger partial charge in [-0.3, -0.25) is 0 Å². The molecule has 2 aromatic rings. The second kappa shape index (κ2) is 3.92. The molecule has 0 atom stereocenters. The first-order valence-corrected chi connectivity index (χ1v) is 5.63. The normalized spacial score (nSPS) is 16.1. The Morgan fingerprint density at radius 2 is 2.25 bits per heavy atom. The summed E-state index contributed by atoms with van der Waals surface area (Å²) in [4.78, 5) is 4.28. The smallest absolute Gasteiger partial charge is 0.226 e. The van der Waals surface area contributed by atoms with Crippen LogP contribution < -0.4 is 5.32 Å². The van der Waals surface area contributed by atoms with Gasteiger partial charge in [-0.15, -0.1) is 0 Å². The van der Waals surface area contributed by atoms with Crippen molar-refractivity contribution in [3.8, 4) is 11.5 Å². The van der Waals surface area contributed by atoms with E-state index in [2.05, 4.69) is 10.3 Å². The summed E-state index contributed by atoms with van der Waals surface area (Å²) in [6.45, 7) is 1.95. The molecule has 1 fully saturated rings. The first-order chi connectivity index (χ1) is 7.83. The Balaban J connectivity index is 1.91. The predicted octanol–water partition coefficient (Wildman–Crippen LogP) is 2.68. The second-order valence-electron chi connectivity index (χ2n) is 3.93. The fourth-order valence-corrected chi connectivity index (χ4v) is 1.91. The monoisotopic (exact) mass is 234 g/mol. The van der Waals surface area contributed by atoms with Gasteiger partial charge in [0.1, 0.15) is 5.76 Å². The van der Waals surface area contributed by atoms with E-state index < -0.39 is 0 Å². The van der Waals surface area contributed by atoms with Gasteiger partial charge in [0.25, 0.3) is 0 Å². The summed E-state index contributed by atoms with van der Waals surface area (Å²) in [7, 11) is 0. The zero-order chi connectivity index (χ0) is 11.0. The molecular formula is C12H11ClN2O. The van der Waals surface area contributed by atoms with Crippen molar-refractivity contribution in [2.45, 2.75) is 5.92 Å². The van der Waals surface area contributed by atoms with Crippen molar-refractivity contribution >= 4 is 11.6 Å². The van der Waals surface area contributed by atoms with Crippen LogP contribution in [0.4, 0.5) is 0 Å². The van der Waals surface area contributed by atoms with Crippen molar-refractivity contribution in [2.24, 2.45) is 0 Å². The topological polar surface area (TPSA) is 38.1 Å². The minimum absolute atomic E-state index is 0.473. The molecule has 0 unspecified atom stereocenters. The molecule has 0 saturated carbocycles. The molecule has 0 aliphatic carbocycles. The van der Waals surface area contributed by atoms with Gasteiger partial charge in [-0.05, 0) is 18.2 Å². The third-order valence-corrected chi connectivity index (χ3v) is 3.01. The van der Waals surface area contributed by atoms with Crippen LogP contribution >= 0.6 is 11.6 Å². The van der Waals surface area contributed by atoms with Crippen molar-refractivity contribution < 1.29 is 4.42 Å². The highest BCUT2D eigenvalue weighted by Gasteiger charge is 2.23. The van der Waals surface area contributed by atoms with Crippen LogP contribution in [0.15, 0.2) is 34.9 Å². The molecule has 3 rings (SSSR count). The molecule has 0 spiro atoms. The molecule has 1 aliphatic rings.